The van der Waals surface area contributed by atoms with E-state index in [1.54, 1.807) is 0 Å². The molecule has 0 unspecified atom stereocenters. The molecule has 0 fully saturated rings. The summed E-state index contributed by atoms with van der Waals surface area (Å²) < 4.78 is 0.980. The minimum atomic E-state index is -0.905. The van der Waals surface area contributed by atoms with Gasteiger partial charge in [-0.1, -0.05) is 19.6 Å². The summed E-state index contributed by atoms with van der Waals surface area (Å²) in [5.74, 6) is -0.905. The van der Waals surface area contributed by atoms with Crippen LogP contribution in [0.2, 0.25) is 0 Å². The largest absolute Gasteiger partial charge is 0.477 e. The average Bonchev–Trinajstić information content (AvgIpc) is 2.67. The van der Waals surface area contributed by atoms with Gasteiger partial charge in [0, 0.05) is 15.8 Å². The quantitative estimate of drug-likeness (QED) is 0.870. The summed E-state index contributed by atoms with van der Waals surface area (Å²) in [6.45, 7) is 7.68. The van der Waals surface area contributed by atoms with E-state index in [2.05, 4.69) is 18.8 Å². The summed E-state index contributed by atoms with van der Waals surface area (Å²) in [6, 6.07) is 6.06. The first-order valence-corrected chi connectivity index (χ1v) is 6.55. The first-order valence-electron chi connectivity index (χ1n) is 5.74. The zero-order valence-corrected chi connectivity index (χ0v) is 11.2. The highest BCUT2D eigenvalue weighted by atomic mass is 32.1. The average molecular weight is 261 g/mol. The first kappa shape index (κ1) is 12.6. The fraction of sp³-hybridized carbons (Fsp3) is 0.214. The van der Waals surface area contributed by atoms with E-state index >= 15 is 0 Å². The molecule has 3 nitrogen and oxygen atoms in total. The Morgan fingerprint density at radius 1 is 1.50 bits per heavy atom. The summed E-state index contributed by atoms with van der Waals surface area (Å²) >= 11 is 1.29. The van der Waals surface area contributed by atoms with E-state index in [-0.39, 0.29) is 0 Å². The minimum absolute atomic E-state index is 0.334. The number of carboxylic acid groups (broad SMARTS) is 1. The second kappa shape index (κ2) is 4.82. The monoisotopic (exact) mass is 261 g/mol. The lowest BCUT2D eigenvalue weighted by Gasteiger charge is -2.06. The van der Waals surface area contributed by atoms with Crippen LogP contribution in [0.5, 0.6) is 0 Å². The van der Waals surface area contributed by atoms with Crippen molar-refractivity contribution in [3.8, 4) is 0 Å². The summed E-state index contributed by atoms with van der Waals surface area (Å²) in [5, 5.41) is 13.3. The molecule has 0 aliphatic rings. The van der Waals surface area contributed by atoms with Crippen molar-refractivity contribution in [3.63, 3.8) is 0 Å². The van der Waals surface area contributed by atoms with Crippen LogP contribution in [0.15, 0.2) is 30.5 Å². The van der Waals surface area contributed by atoms with Crippen molar-refractivity contribution in [1.82, 2.24) is 0 Å². The van der Waals surface area contributed by atoms with E-state index in [0.29, 0.717) is 10.6 Å². The maximum absolute atomic E-state index is 11.3. The Labute approximate surface area is 110 Å². The number of hydrogen-bond acceptors (Lipinski definition) is 3. The normalized spacial score (nSPS) is 10.6. The molecule has 94 valence electrons. The molecule has 1 heterocycles. The molecule has 0 aliphatic heterocycles. The molecule has 0 atom stereocenters. The summed E-state index contributed by atoms with van der Waals surface area (Å²) in [7, 11) is 0. The topological polar surface area (TPSA) is 49.3 Å². The summed E-state index contributed by atoms with van der Waals surface area (Å²) in [6.07, 6.45) is 0.931. The van der Waals surface area contributed by atoms with Crippen LogP contribution in [0.1, 0.15) is 29.1 Å². The van der Waals surface area contributed by atoms with Crippen LogP contribution in [-0.4, -0.2) is 11.1 Å². The van der Waals surface area contributed by atoms with Crippen LogP contribution >= 0.6 is 11.3 Å². The number of thiophene rings is 1. The number of hydrogen-bond donors (Lipinski definition) is 2. The lowest BCUT2D eigenvalue weighted by Crippen LogP contribution is -2.00. The van der Waals surface area contributed by atoms with Crippen LogP contribution < -0.4 is 5.32 Å². The van der Waals surface area contributed by atoms with Crippen LogP contribution in [-0.2, 0) is 6.42 Å². The Morgan fingerprint density at radius 3 is 2.78 bits per heavy atom. The molecule has 2 rings (SSSR count). The van der Waals surface area contributed by atoms with Gasteiger partial charge in [0.15, 0.2) is 0 Å². The van der Waals surface area contributed by atoms with E-state index in [1.165, 1.54) is 16.9 Å². The van der Waals surface area contributed by atoms with E-state index in [1.807, 2.05) is 25.1 Å². The predicted molar refractivity (Wildman–Crippen MR) is 76.6 cm³/mol. The number of carboxylic acids is 1. The van der Waals surface area contributed by atoms with Crippen molar-refractivity contribution in [2.75, 3.05) is 5.32 Å². The highest BCUT2D eigenvalue weighted by Gasteiger charge is 2.17. The molecule has 18 heavy (non-hydrogen) atoms. The van der Waals surface area contributed by atoms with Crippen LogP contribution in [0.25, 0.3) is 10.1 Å². The van der Waals surface area contributed by atoms with Gasteiger partial charge >= 0.3 is 5.97 Å². The molecule has 1 aromatic heterocycles. The van der Waals surface area contributed by atoms with Crippen molar-refractivity contribution >= 4 is 33.1 Å². The van der Waals surface area contributed by atoms with Gasteiger partial charge in [-0.05, 0) is 31.0 Å². The van der Waals surface area contributed by atoms with Crippen molar-refractivity contribution < 1.29 is 9.90 Å². The Bertz CT molecular complexity index is 628. The third-order valence-corrected chi connectivity index (χ3v) is 3.85. The van der Waals surface area contributed by atoms with E-state index < -0.39 is 5.97 Å². The number of nitrogens with one attached hydrogen (secondary N) is 1. The number of aryl methyl sites for hydroxylation is 1. The molecule has 0 saturated heterocycles. The summed E-state index contributed by atoms with van der Waals surface area (Å²) in [4.78, 5) is 11.6. The van der Waals surface area contributed by atoms with Crippen LogP contribution in [0.3, 0.4) is 0 Å². The van der Waals surface area contributed by atoms with Crippen LogP contribution in [0, 0.1) is 0 Å². The minimum Gasteiger partial charge on any atom is -0.477 e. The van der Waals surface area contributed by atoms with Gasteiger partial charge in [-0.15, -0.1) is 11.3 Å². The van der Waals surface area contributed by atoms with Gasteiger partial charge in [-0.2, -0.15) is 0 Å². The number of benzene rings is 1. The molecule has 2 aromatic rings. The third-order valence-electron chi connectivity index (χ3n) is 2.69. The predicted octanol–water partition coefficient (Wildman–Crippen LogP) is 4.11. The number of anilines is 1. The Morgan fingerprint density at radius 2 is 2.22 bits per heavy atom. The Hall–Kier alpha value is -1.81. The number of fused-ring (bicyclic) bond motifs is 1. The molecule has 0 spiro atoms. The molecule has 0 aliphatic carbocycles. The lowest BCUT2D eigenvalue weighted by molar-refractivity contribution is 0.0703. The zero-order chi connectivity index (χ0) is 13.3. The molecule has 4 heteroatoms. The van der Waals surface area contributed by atoms with Gasteiger partial charge in [-0.3, -0.25) is 0 Å². The number of aromatic carboxylic acids is 1. The zero-order valence-electron chi connectivity index (χ0n) is 10.4. The second-order valence-electron chi connectivity index (χ2n) is 4.20. The lowest BCUT2D eigenvalue weighted by atomic mass is 10.1. The Balaban J connectivity index is 2.69. The SMILES string of the molecule is C=C(C)Nc1c(C(=O)O)sc2ccc(CC)cc12. The van der Waals surface area contributed by atoms with Crippen molar-refractivity contribution in [2.24, 2.45) is 0 Å². The highest BCUT2D eigenvalue weighted by Crippen LogP contribution is 2.37. The van der Waals surface area contributed by atoms with Crippen molar-refractivity contribution in [2.45, 2.75) is 20.3 Å². The molecule has 2 N–H and O–H groups in total. The first-order chi connectivity index (χ1) is 8.52. The standard InChI is InChI=1S/C14H15NO2S/c1-4-9-5-6-11-10(7-9)12(15-8(2)3)13(18-11)14(16)17/h5-7,15H,2,4H2,1,3H3,(H,16,17). The molecule has 0 saturated carbocycles. The second-order valence-corrected chi connectivity index (χ2v) is 5.25. The van der Waals surface area contributed by atoms with Gasteiger partial charge in [0.1, 0.15) is 4.88 Å². The van der Waals surface area contributed by atoms with Gasteiger partial charge in [-0.25, -0.2) is 4.79 Å². The van der Waals surface area contributed by atoms with E-state index in [4.69, 9.17) is 0 Å². The van der Waals surface area contributed by atoms with Gasteiger partial charge < -0.3 is 10.4 Å². The molecular weight excluding hydrogens is 246 g/mol. The van der Waals surface area contributed by atoms with E-state index in [0.717, 1.165) is 22.2 Å². The maximum Gasteiger partial charge on any atom is 0.348 e. The number of allylic oxidation sites excluding steroid dienone is 1. The third kappa shape index (κ3) is 2.24. The van der Waals surface area contributed by atoms with Crippen molar-refractivity contribution in [3.05, 3.63) is 40.9 Å². The van der Waals surface area contributed by atoms with Crippen LogP contribution in [0.4, 0.5) is 5.69 Å². The fourth-order valence-electron chi connectivity index (χ4n) is 1.85. The molecule has 1 aromatic carbocycles. The maximum atomic E-state index is 11.3. The molecule has 0 bridgehead atoms. The smallest absolute Gasteiger partial charge is 0.348 e. The van der Waals surface area contributed by atoms with Crippen molar-refractivity contribution in [1.29, 1.82) is 0 Å². The van der Waals surface area contributed by atoms with E-state index in [9.17, 15) is 9.90 Å². The highest BCUT2D eigenvalue weighted by molar-refractivity contribution is 7.21. The van der Waals surface area contributed by atoms with Gasteiger partial charge in [0.2, 0.25) is 0 Å². The van der Waals surface area contributed by atoms with Gasteiger partial charge in [0.05, 0.1) is 5.69 Å². The number of rotatable bonds is 4. The molecule has 0 amide bonds. The fourth-order valence-corrected chi connectivity index (χ4v) is 2.83. The molecular formula is C14H15NO2S. The summed E-state index contributed by atoms with van der Waals surface area (Å²) in [5.41, 5.74) is 2.59. The number of carbonyl (C=O) groups is 1. The van der Waals surface area contributed by atoms with Gasteiger partial charge in [0.25, 0.3) is 0 Å². The Kier molecular flexibility index (Phi) is 3.39. The molecule has 0 radical (unpaired) electrons.